The molecule has 4 rings (SSSR count). The molecule has 1 amide bonds. The van der Waals surface area contributed by atoms with Gasteiger partial charge >= 0.3 is 0 Å². The van der Waals surface area contributed by atoms with Gasteiger partial charge in [-0.05, 0) is 30.3 Å². The van der Waals surface area contributed by atoms with Gasteiger partial charge in [0.2, 0.25) is 0 Å². The van der Waals surface area contributed by atoms with E-state index in [-0.39, 0.29) is 24.4 Å². The lowest BCUT2D eigenvalue weighted by Gasteiger charge is -2.31. The number of halogens is 2. The second-order valence-corrected chi connectivity index (χ2v) is 6.82. The number of carbonyl (C=O) groups excluding carboxylic acids is 1. The Morgan fingerprint density at radius 1 is 1.23 bits per heavy atom. The smallest absolute Gasteiger partial charge is 0.272 e. The van der Waals surface area contributed by atoms with Gasteiger partial charge < -0.3 is 14.4 Å². The number of aromatic nitrogens is 3. The molecule has 7 nitrogen and oxygen atoms in total. The predicted octanol–water partition coefficient (Wildman–Crippen LogP) is 2.92. The third-order valence-corrected chi connectivity index (χ3v) is 4.75. The third-order valence-electron chi connectivity index (χ3n) is 4.75. The molecule has 9 heteroatoms. The largest absolute Gasteiger partial charge is 0.493 e. The van der Waals surface area contributed by atoms with Crippen molar-refractivity contribution in [3.8, 4) is 5.75 Å². The molecule has 0 aliphatic carbocycles. The third kappa shape index (κ3) is 4.62. The van der Waals surface area contributed by atoms with Gasteiger partial charge in [-0.3, -0.25) is 14.9 Å². The summed E-state index contributed by atoms with van der Waals surface area (Å²) in [5.41, 5.74) is 1.90. The van der Waals surface area contributed by atoms with Crippen molar-refractivity contribution in [1.82, 2.24) is 20.1 Å². The lowest BCUT2D eigenvalue weighted by Crippen LogP contribution is -2.42. The van der Waals surface area contributed by atoms with Gasteiger partial charge in [0.1, 0.15) is 17.5 Å². The lowest BCUT2D eigenvalue weighted by molar-refractivity contribution is -0.0249. The van der Waals surface area contributed by atoms with Crippen molar-refractivity contribution in [2.75, 3.05) is 26.3 Å². The zero-order valence-electron chi connectivity index (χ0n) is 16.1. The van der Waals surface area contributed by atoms with E-state index < -0.39 is 11.6 Å². The molecule has 0 unspecified atom stereocenters. The van der Waals surface area contributed by atoms with Crippen molar-refractivity contribution in [2.45, 2.75) is 12.5 Å². The molecule has 1 aliphatic rings. The molecule has 1 aromatic carbocycles. The number of aromatic amines is 1. The van der Waals surface area contributed by atoms with Gasteiger partial charge in [-0.2, -0.15) is 5.10 Å². The number of carbonyl (C=O) groups is 1. The van der Waals surface area contributed by atoms with Crippen LogP contribution in [0.15, 0.2) is 48.7 Å². The Morgan fingerprint density at radius 2 is 2.13 bits per heavy atom. The van der Waals surface area contributed by atoms with Crippen molar-refractivity contribution in [2.24, 2.45) is 0 Å². The Morgan fingerprint density at radius 3 is 2.93 bits per heavy atom. The van der Waals surface area contributed by atoms with E-state index in [9.17, 15) is 13.6 Å². The van der Waals surface area contributed by atoms with Crippen molar-refractivity contribution in [1.29, 1.82) is 0 Å². The zero-order valence-corrected chi connectivity index (χ0v) is 16.1. The molecular formula is C21H20F2N4O3. The Labute approximate surface area is 171 Å². The minimum atomic E-state index is -0.949. The van der Waals surface area contributed by atoms with Gasteiger partial charge in [0, 0.05) is 30.9 Å². The standard InChI is InChI=1S/C21H20F2N4O3/c22-16-5-4-15(12-17(16)23)29-9-6-14-11-19(26-25-14)20-13-27(8-10-30-20)21(28)18-3-1-2-7-24-18/h1-5,7,11-12,20H,6,8-10,13H2,(H,25,26)/t20-/m0/s1. The highest BCUT2D eigenvalue weighted by molar-refractivity contribution is 5.92. The quantitative estimate of drug-likeness (QED) is 0.671. The fourth-order valence-electron chi connectivity index (χ4n) is 3.18. The molecule has 1 atom stereocenters. The Hall–Kier alpha value is -3.33. The Bertz CT molecular complexity index is 1010. The number of nitrogens with zero attached hydrogens (tertiary/aromatic N) is 3. The first-order valence-corrected chi connectivity index (χ1v) is 9.54. The first kappa shape index (κ1) is 20.0. The minimum Gasteiger partial charge on any atom is -0.493 e. The number of rotatable bonds is 6. The molecule has 1 saturated heterocycles. The molecule has 3 heterocycles. The fourth-order valence-corrected chi connectivity index (χ4v) is 3.18. The maximum Gasteiger partial charge on any atom is 0.272 e. The van der Waals surface area contributed by atoms with Gasteiger partial charge in [-0.25, -0.2) is 8.78 Å². The number of benzene rings is 1. The van der Waals surface area contributed by atoms with E-state index in [2.05, 4.69) is 15.2 Å². The highest BCUT2D eigenvalue weighted by atomic mass is 19.2. The van der Waals surface area contributed by atoms with E-state index in [0.29, 0.717) is 37.5 Å². The van der Waals surface area contributed by atoms with Crippen LogP contribution < -0.4 is 4.74 Å². The van der Waals surface area contributed by atoms with Crippen molar-refractivity contribution >= 4 is 5.91 Å². The van der Waals surface area contributed by atoms with E-state index >= 15 is 0 Å². The number of morpholine rings is 1. The summed E-state index contributed by atoms with van der Waals surface area (Å²) in [6.45, 7) is 1.55. The summed E-state index contributed by atoms with van der Waals surface area (Å²) in [6, 6.07) is 10.5. The molecule has 30 heavy (non-hydrogen) atoms. The number of pyridine rings is 1. The van der Waals surface area contributed by atoms with Crippen LogP contribution in [0, 0.1) is 11.6 Å². The van der Waals surface area contributed by atoms with Gasteiger partial charge in [0.15, 0.2) is 11.6 Å². The van der Waals surface area contributed by atoms with E-state index in [4.69, 9.17) is 9.47 Å². The molecule has 0 saturated carbocycles. The normalized spacial score (nSPS) is 16.5. The van der Waals surface area contributed by atoms with Crippen molar-refractivity contribution in [3.05, 3.63) is 77.4 Å². The molecular weight excluding hydrogens is 394 g/mol. The maximum absolute atomic E-state index is 13.2. The summed E-state index contributed by atoms with van der Waals surface area (Å²) in [7, 11) is 0. The number of ether oxygens (including phenoxy) is 2. The van der Waals surface area contributed by atoms with Crippen molar-refractivity contribution < 1.29 is 23.0 Å². The average Bonchev–Trinajstić information content (AvgIpc) is 3.25. The van der Waals surface area contributed by atoms with Crippen LogP contribution in [0.4, 0.5) is 8.78 Å². The first-order chi connectivity index (χ1) is 14.6. The molecule has 156 valence electrons. The Kier molecular flexibility index (Phi) is 5.99. The first-order valence-electron chi connectivity index (χ1n) is 9.54. The summed E-state index contributed by atoms with van der Waals surface area (Å²) in [4.78, 5) is 18.4. The molecule has 1 N–H and O–H groups in total. The highest BCUT2D eigenvalue weighted by Crippen LogP contribution is 2.22. The molecule has 0 bridgehead atoms. The minimum absolute atomic E-state index is 0.139. The SMILES string of the molecule is O=C(c1ccccn1)N1CCO[C@H](c2cc(CCOc3ccc(F)c(F)c3)[nH]n2)C1. The molecule has 3 aromatic rings. The zero-order chi connectivity index (χ0) is 20.9. The predicted molar refractivity (Wildman–Crippen MR) is 103 cm³/mol. The van der Waals surface area contributed by atoms with Crippen LogP contribution in [0.2, 0.25) is 0 Å². The van der Waals surface area contributed by atoms with Crippen LogP contribution >= 0.6 is 0 Å². The fraction of sp³-hybridized carbons (Fsp3) is 0.286. The van der Waals surface area contributed by atoms with Crippen LogP contribution in [0.5, 0.6) is 5.75 Å². The maximum atomic E-state index is 13.2. The summed E-state index contributed by atoms with van der Waals surface area (Å²) >= 11 is 0. The number of hydrogen-bond acceptors (Lipinski definition) is 5. The summed E-state index contributed by atoms with van der Waals surface area (Å²) in [5, 5.41) is 7.21. The Balaban J connectivity index is 1.32. The van der Waals surface area contributed by atoms with Gasteiger partial charge in [-0.15, -0.1) is 0 Å². The molecule has 2 aromatic heterocycles. The molecule has 1 aliphatic heterocycles. The molecule has 1 fully saturated rings. The summed E-state index contributed by atoms with van der Waals surface area (Å²) < 4.78 is 37.4. The molecule has 0 spiro atoms. The van der Waals surface area contributed by atoms with E-state index in [1.807, 2.05) is 6.07 Å². The highest BCUT2D eigenvalue weighted by Gasteiger charge is 2.28. The van der Waals surface area contributed by atoms with Crippen LogP contribution in [-0.2, 0) is 11.2 Å². The topological polar surface area (TPSA) is 80.3 Å². The number of nitrogens with one attached hydrogen (secondary N) is 1. The second kappa shape index (κ2) is 9.00. The van der Waals surface area contributed by atoms with Crippen LogP contribution in [0.3, 0.4) is 0 Å². The number of amides is 1. The number of H-pyrrole nitrogens is 1. The van der Waals surface area contributed by atoms with Crippen molar-refractivity contribution in [3.63, 3.8) is 0 Å². The monoisotopic (exact) mass is 414 g/mol. The van der Waals surface area contributed by atoms with Crippen LogP contribution in [-0.4, -0.2) is 52.3 Å². The molecule has 0 radical (unpaired) electrons. The van der Waals surface area contributed by atoms with Crippen LogP contribution in [0.25, 0.3) is 0 Å². The summed E-state index contributed by atoms with van der Waals surface area (Å²) in [6.07, 6.45) is 1.74. The van der Waals surface area contributed by atoms with Crippen LogP contribution in [0.1, 0.15) is 28.0 Å². The van der Waals surface area contributed by atoms with E-state index in [1.165, 1.54) is 6.07 Å². The number of hydrogen-bond donors (Lipinski definition) is 1. The van der Waals surface area contributed by atoms with E-state index in [0.717, 1.165) is 17.8 Å². The van der Waals surface area contributed by atoms with E-state index in [1.54, 1.807) is 29.3 Å². The summed E-state index contributed by atoms with van der Waals surface area (Å²) in [5.74, 6) is -1.74. The van der Waals surface area contributed by atoms with Gasteiger partial charge in [0.25, 0.3) is 5.91 Å². The lowest BCUT2D eigenvalue weighted by atomic mass is 10.1. The average molecular weight is 414 g/mol. The van der Waals surface area contributed by atoms with Gasteiger partial charge in [-0.1, -0.05) is 6.07 Å². The second-order valence-electron chi connectivity index (χ2n) is 6.82. The van der Waals surface area contributed by atoms with Gasteiger partial charge in [0.05, 0.1) is 25.5 Å².